The normalized spacial score (nSPS) is 10.3. The van der Waals surface area contributed by atoms with E-state index in [0.29, 0.717) is 29.4 Å². The minimum absolute atomic E-state index is 0.0723. The van der Waals surface area contributed by atoms with E-state index >= 15 is 0 Å². The second-order valence-corrected chi connectivity index (χ2v) is 4.65. The smallest absolute Gasteiger partial charge is 0.249 e. The number of rotatable bonds is 7. The van der Waals surface area contributed by atoms with Gasteiger partial charge in [0, 0.05) is 12.2 Å². The predicted molar refractivity (Wildman–Crippen MR) is 83.3 cm³/mol. The number of nitrogens with two attached hydrogens (primary N) is 1. The molecule has 2 N–H and O–H groups in total. The standard InChI is InChI=1S/C17H19NO4/c1-3-20-11-21-15-10-14(17(18)19)12(2)9-16(15)22-13-7-5-4-6-8-13/h4-10H,3,11H2,1-2H3,(H2,18,19). The van der Waals surface area contributed by atoms with Gasteiger partial charge in [-0.05, 0) is 43.7 Å². The quantitative estimate of drug-likeness (QED) is 0.629. The molecule has 0 aliphatic rings. The summed E-state index contributed by atoms with van der Waals surface area (Å²) in [4.78, 5) is 11.5. The van der Waals surface area contributed by atoms with Crippen LogP contribution in [0, 0.1) is 6.92 Å². The third-order valence-corrected chi connectivity index (χ3v) is 3.03. The number of aryl methyl sites for hydroxylation is 1. The van der Waals surface area contributed by atoms with Gasteiger partial charge < -0.3 is 19.9 Å². The van der Waals surface area contributed by atoms with Crippen LogP contribution in [0.4, 0.5) is 0 Å². The van der Waals surface area contributed by atoms with Crippen molar-refractivity contribution in [2.24, 2.45) is 5.73 Å². The summed E-state index contributed by atoms with van der Waals surface area (Å²) in [7, 11) is 0. The van der Waals surface area contributed by atoms with Crippen molar-refractivity contribution in [2.75, 3.05) is 13.4 Å². The van der Waals surface area contributed by atoms with Crippen molar-refractivity contribution in [1.82, 2.24) is 0 Å². The van der Waals surface area contributed by atoms with Gasteiger partial charge in [0.2, 0.25) is 5.91 Å². The van der Waals surface area contributed by atoms with E-state index in [9.17, 15) is 4.79 Å². The minimum Gasteiger partial charge on any atom is -0.464 e. The Morgan fingerprint density at radius 3 is 2.50 bits per heavy atom. The summed E-state index contributed by atoms with van der Waals surface area (Å²) in [5.74, 6) is 1.09. The Labute approximate surface area is 129 Å². The van der Waals surface area contributed by atoms with Gasteiger partial charge in [-0.15, -0.1) is 0 Å². The summed E-state index contributed by atoms with van der Waals surface area (Å²) < 4.78 is 16.5. The molecule has 1 amide bonds. The van der Waals surface area contributed by atoms with Crippen molar-refractivity contribution >= 4 is 5.91 Å². The maximum Gasteiger partial charge on any atom is 0.249 e. The van der Waals surface area contributed by atoms with Gasteiger partial charge in [-0.25, -0.2) is 0 Å². The van der Waals surface area contributed by atoms with Crippen LogP contribution < -0.4 is 15.2 Å². The van der Waals surface area contributed by atoms with E-state index in [1.165, 1.54) is 0 Å². The van der Waals surface area contributed by atoms with Crippen LogP contribution in [0.5, 0.6) is 17.2 Å². The van der Waals surface area contributed by atoms with E-state index < -0.39 is 5.91 Å². The van der Waals surface area contributed by atoms with Crippen molar-refractivity contribution < 1.29 is 19.0 Å². The summed E-state index contributed by atoms with van der Waals surface area (Å²) >= 11 is 0. The van der Waals surface area contributed by atoms with Crippen LogP contribution in [0.1, 0.15) is 22.8 Å². The van der Waals surface area contributed by atoms with E-state index in [4.69, 9.17) is 19.9 Å². The molecule has 5 heteroatoms. The second-order valence-electron chi connectivity index (χ2n) is 4.65. The maximum atomic E-state index is 11.5. The molecule has 0 fully saturated rings. The molecule has 0 saturated heterocycles. The third-order valence-electron chi connectivity index (χ3n) is 3.03. The van der Waals surface area contributed by atoms with Gasteiger partial charge in [0.05, 0.1) is 0 Å². The topological polar surface area (TPSA) is 70.8 Å². The Morgan fingerprint density at radius 1 is 1.14 bits per heavy atom. The fourth-order valence-corrected chi connectivity index (χ4v) is 1.92. The van der Waals surface area contributed by atoms with Crippen LogP contribution in [0.25, 0.3) is 0 Å². The molecule has 5 nitrogen and oxygen atoms in total. The number of primary amides is 1. The van der Waals surface area contributed by atoms with Crippen LogP contribution >= 0.6 is 0 Å². The van der Waals surface area contributed by atoms with E-state index in [0.717, 1.165) is 5.56 Å². The number of carbonyl (C=O) groups is 1. The zero-order chi connectivity index (χ0) is 15.9. The molecule has 0 aliphatic heterocycles. The van der Waals surface area contributed by atoms with Gasteiger partial charge in [0.1, 0.15) is 5.75 Å². The number of hydrogen-bond donors (Lipinski definition) is 1. The first-order valence-electron chi connectivity index (χ1n) is 6.99. The first-order chi connectivity index (χ1) is 10.6. The average Bonchev–Trinajstić information content (AvgIpc) is 2.50. The molecule has 22 heavy (non-hydrogen) atoms. The molecule has 0 heterocycles. The fraction of sp³-hybridized carbons (Fsp3) is 0.235. The van der Waals surface area contributed by atoms with Crippen LogP contribution in [0.2, 0.25) is 0 Å². The first kappa shape index (κ1) is 15.9. The van der Waals surface area contributed by atoms with E-state index in [1.54, 1.807) is 19.1 Å². The molecule has 0 bridgehead atoms. The summed E-state index contributed by atoms with van der Waals surface area (Å²) in [5.41, 5.74) is 6.49. The molecule has 0 spiro atoms. The SMILES string of the molecule is CCOCOc1cc(C(N)=O)c(C)cc1Oc1ccccc1. The third kappa shape index (κ3) is 3.99. The Kier molecular flexibility index (Phi) is 5.38. The van der Waals surface area contributed by atoms with Crippen molar-refractivity contribution in [2.45, 2.75) is 13.8 Å². The van der Waals surface area contributed by atoms with E-state index in [-0.39, 0.29) is 6.79 Å². The molecule has 0 aromatic heterocycles. The minimum atomic E-state index is -0.509. The highest BCUT2D eigenvalue weighted by Gasteiger charge is 2.14. The number of amides is 1. The van der Waals surface area contributed by atoms with Crippen LogP contribution in [-0.2, 0) is 4.74 Å². The molecule has 2 aromatic rings. The molecule has 2 aromatic carbocycles. The Hall–Kier alpha value is -2.53. The summed E-state index contributed by atoms with van der Waals surface area (Å²) in [6.07, 6.45) is 0. The van der Waals surface area contributed by atoms with Crippen molar-refractivity contribution in [3.05, 3.63) is 53.6 Å². The van der Waals surface area contributed by atoms with Crippen molar-refractivity contribution in [3.8, 4) is 17.2 Å². The lowest BCUT2D eigenvalue weighted by atomic mass is 10.1. The number of hydrogen-bond acceptors (Lipinski definition) is 4. The molecule has 0 unspecified atom stereocenters. The van der Waals surface area contributed by atoms with Gasteiger partial charge in [-0.1, -0.05) is 18.2 Å². The lowest BCUT2D eigenvalue weighted by Crippen LogP contribution is -2.13. The van der Waals surface area contributed by atoms with Crippen molar-refractivity contribution in [3.63, 3.8) is 0 Å². The number of benzene rings is 2. The zero-order valence-electron chi connectivity index (χ0n) is 12.7. The Balaban J connectivity index is 2.32. The maximum absolute atomic E-state index is 11.5. The predicted octanol–water partition coefficient (Wildman–Crippen LogP) is 3.26. The highest BCUT2D eigenvalue weighted by molar-refractivity contribution is 5.95. The van der Waals surface area contributed by atoms with Gasteiger partial charge in [-0.2, -0.15) is 0 Å². The van der Waals surface area contributed by atoms with Gasteiger partial charge >= 0.3 is 0 Å². The monoisotopic (exact) mass is 301 g/mol. The van der Waals surface area contributed by atoms with Gasteiger partial charge in [0.15, 0.2) is 18.3 Å². The first-order valence-corrected chi connectivity index (χ1v) is 6.99. The largest absolute Gasteiger partial charge is 0.464 e. The van der Waals surface area contributed by atoms with Gasteiger partial charge in [-0.3, -0.25) is 4.79 Å². The molecule has 0 saturated carbocycles. The molecule has 0 aliphatic carbocycles. The number of para-hydroxylation sites is 1. The molecular formula is C17H19NO4. The summed E-state index contributed by atoms with van der Waals surface area (Å²) in [6.45, 7) is 4.27. The average molecular weight is 301 g/mol. The van der Waals surface area contributed by atoms with Crippen molar-refractivity contribution in [1.29, 1.82) is 0 Å². The second kappa shape index (κ2) is 7.47. The van der Waals surface area contributed by atoms with Crippen LogP contribution in [-0.4, -0.2) is 19.3 Å². The zero-order valence-corrected chi connectivity index (χ0v) is 12.7. The Morgan fingerprint density at radius 2 is 1.86 bits per heavy atom. The highest BCUT2D eigenvalue weighted by Crippen LogP contribution is 2.34. The summed E-state index contributed by atoms with van der Waals surface area (Å²) in [6, 6.07) is 12.6. The number of ether oxygens (including phenoxy) is 3. The summed E-state index contributed by atoms with van der Waals surface area (Å²) in [5, 5.41) is 0. The lowest BCUT2D eigenvalue weighted by molar-refractivity contribution is 0.0211. The highest BCUT2D eigenvalue weighted by atomic mass is 16.7. The van der Waals surface area contributed by atoms with Gasteiger partial charge in [0.25, 0.3) is 0 Å². The molecule has 0 radical (unpaired) electrons. The molecule has 2 rings (SSSR count). The number of carbonyl (C=O) groups excluding carboxylic acids is 1. The fourth-order valence-electron chi connectivity index (χ4n) is 1.92. The molecule has 116 valence electrons. The molecular weight excluding hydrogens is 282 g/mol. The Bertz CT molecular complexity index is 641. The van der Waals surface area contributed by atoms with E-state index in [1.807, 2.05) is 37.3 Å². The van der Waals surface area contributed by atoms with E-state index in [2.05, 4.69) is 0 Å². The molecule has 0 atom stereocenters. The lowest BCUT2D eigenvalue weighted by Gasteiger charge is -2.15. The van der Waals surface area contributed by atoms with Crippen LogP contribution in [0.3, 0.4) is 0 Å². The van der Waals surface area contributed by atoms with Crippen LogP contribution in [0.15, 0.2) is 42.5 Å².